The van der Waals surface area contributed by atoms with Crippen LogP contribution in [0.4, 0.5) is 10.8 Å². The van der Waals surface area contributed by atoms with Gasteiger partial charge in [-0.25, -0.2) is 0 Å². The molecule has 18 heavy (non-hydrogen) atoms. The van der Waals surface area contributed by atoms with E-state index >= 15 is 0 Å². The molecule has 2 rings (SSSR count). The van der Waals surface area contributed by atoms with E-state index in [1.54, 1.807) is 0 Å². The lowest BCUT2D eigenvalue weighted by Crippen LogP contribution is -2.06. The Balaban J connectivity index is 1.64. The lowest BCUT2D eigenvalue weighted by Gasteiger charge is -2.07. The van der Waals surface area contributed by atoms with Crippen molar-refractivity contribution in [2.75, 3.05) is 30.8 Å². The molecule has 0 unspecified atom stereocenters. The van der Waals surface area contributed by atoms with E-state index in [9.17, 15) is 0 Å². The van der Waals surface area contributed by atoms with Crippen LogP contribution in [0.2, 0.25) is 0 Å². The molecular weight excluding hydrogens is 246 g/mol. The first-order valence-electron chi connectivity index (χ1n) is 6.89. The summed E-state index contributed by atoms with van der Waals surface area (Å²) in [5.41, 5.74) is 7.16. The third-order valence-corrected chi connectivity index (χ3v) is 3.97. The number of unbranched alkanes of at least 4 members (excludes halogenated alkanes) is 1. The van der Waals surface area contributed by atoms with Crippen LogP contribution in [0, 0.1) is 0 Å². The predicted octanol–water partition coefficient (Wildman–Crippen LogP) is 3.22. The van der Waals surface area contributed by atoms with Gasteiger partial charge in [0.25, 0.3) is 0 Å². The zero-order valence-corrected chi connectivity index (χ0v) is 11.9. The van der Waals surface area contributed by atoms with Crippen molar-refractivity contribution < 1.29 is 4.74 Å². The summed E-state index contributed by atoms with van der Waals surface area (Å²) in [4.78, 5) is 0. The molecule has 1 heterocycles. The molecule has 0 aliphatic heterocycles. The zero-order chi connectivity index (χ0) is 12.8. The van der Waals surface area contributed by atoms with Crippen LogP contribution >= 0.6 is 11.5 Å². The molecule has 1 aromatic heterocycles. The third-order valence-electron chi connectivity index (χ3n) is 3.13. The number of nitrogen functional groups attached to an aromatic ring is 1. The summed E-state index contributed by atoms with van der Waals surface area (Å²) >= 11 is 1.49. The van der Waals surface area contributed by atoms with E-state index in [1.807, 2.05) is 0 Å². The second-order valence-electron chi connectivity index (χ2n) is 4.83. The summed E-state index contributed by atoms with van der Waals surface area (Å²) in [6.45, 7) is 4.84. The highest BCUT2D eigenvalue weighted by Gasteiger charge is 2.30. The maximum absolute atomic E-state index is 5.90. The molecule has 0 atom stereocenters. The first-order chi connectivity index (χ1) is 8.83. The molecular formula is C13H23N3OS. The maximum atomic E-state index is 5.90. The molecule has 102 valence electrons. The SMILES string of the molecule is CCCCOCCCNc1snc(N)c1C1CC1. The van der Waals surface area contributed by atoms with Crippen LogP contribution in [0.5, 0.6) is 0 Å². The molecule has 0 spiro atoms. The smallest absolute Gasteiger partial charge is 0.142 e. The van der Waals surface area contributed by atoms with Gasteiger partial charge in [-0.1, -0.05) is 13.3 Å². The standard InChI is InChI=1S/C13H23N3OS/c1-2-3-8-17-9-4-7-15-13-11(10-5-6-10)12(14)16-18-13/h10,15H,2-9H2,1H3,(H2,14,16). The molecule has 5 heteroatoms. The van der Waals surface area contributed by atoms with Crippen molar-refractivity contribution in [3.05, 3.63) is 5.56 Å². The van der Waals surface area contributed by atoms with Gasteiger partial charge in [0.1, 0.15) is 10.8 Å². The van der Waals surface area contributed by atoms with E-state index in [0.29, 0.717) is 5.92 Å². The highest BCUT2D eigenvalue weighted by atomic mass is 32.1. The van der Waals surface area contributed by atoms with Gasteiger partial charge >= 0.3 is 0 Å². The molecule has 1 aliphatic carbocycles. The summed E-state index contributed by atoms with van der Waals surface area (Å²) < 4.78 is 9.77. The first-order valence-corrected chi connectivity index (χ1v) is 7.67. The van der Waals surface area contributed by atoms with Gasteiger partial charge in [0.2, 0.25) is 0 Å². The zero-order valence-electron chi connectivity index (χ0n) is 11.1. The van der Waals surface area contributed by atoms with Crippen molar-refractivity contribution in [1.82, 2.24) is 4.37 Å². The molecule has 0 amide bonds. The van der Waals surface area contributed by atoms with E-state index in [-0.39, 0.29) is 0 Å². The Morgan fingerprint density at radius 3 is 2.89 bits per heavy atom. The van der Waals surface area contributed by atoms with E-state index in [4.69, 9.17) is 10.5 Å². The minimum atomic E-state index is 0.659. The molecule has 1 aliphatic rings. The lowest BCUT2D eigenvalue weighted by molar-refractivity contribution is 0.131. The van der Waals surface area contributed by atoms with Crippen molar-refractivity contribution in [3.8, 4) is 0 Å². The molecule has 4 nitrogen and oxygen atoms in total. The topological polar surface area (TPSA) is 60.2 Å². The van der Waals surface area contributed by atoms with Gasteiger partial charge in [-0.15, -0.1) is 0 Å². The fourth-order valence-corrected chi connectivity index (χ4v) is 2.75. The first kappa shape index (κ1) is 13.6. The van der Waals surface area contributed by atoms with E-state index < -0.39 is 0 Å². The van der Waals surface area contributed by atoms with Crippen LogP contribution in [0.25, 0.3) is 0 Å². The monoisotopic (exact) mass is 269 g/mol. The highest BCUT2D eigenvalue weighted by Crippen LogP contribution is 2.47. The number of nitrogens with two attached hydrogens (primary N) is 1. The predicted molar refractivity (Wildman–Crippen MR) is 77.3 cm³/mol. The fourth-order valence-electron chi connectivity index (χ4n) is 1.93. The molecule has 0 radical (unpaired) electrons. The molecule has 1 aromatic rings. The minimum Gasteiger partial charge on any atom is -0.383 e. The quantitative estimate of drug-likeness (QED) is 0.676. The third kappa shape index (κ3) is 3.85. The van der Waals surface area contributed by atoms with Gasteiger partial charge in [-0.2, -0.15) is 4.37 Å². The van der Waals surface area contributed by atoms with Gasteiger partial charge in [-0.05, 0) is 43.1 Å². The minimum absolute atomic E-state index is 0.659. The summed E-state index contributed by atoms with van der Waals surface area (Å²) in [7, 11) is 0. The molecule has 1 saturated carbocycles. The maximum Gasteiger partial charge on any atom is 0.142 e. The number of hydrogen-bond donors (Lipinski definition) is 2. The number of nitrogens with zero attached hydrogens (tertiary/aromatic N) is 1. The van der Waals surface area contributed by atoms with Crippen LogP contribution in [0.1, 0.15) is 50.5 Å². The van der Waals surface area contributed by atoms with E-state index in [2.05, 4.69) is 16.6 Å². The second-order valence-corrected chi connectivity index (χ2v) is 5.60. The van der Waals surface area contributed by atoms with Crippen LogP contribution in [0.3, 0.4) is 0 Å². The summed E-state index contributed by atoms with van der Waals surface area (Å²) in [6.07, 6.45) is 5.91. The fraction of sp³-hybridized carbons (Fsp3) is 0.769. The molecule has 0 bridgehead atoms. The van der Waals surface area contributed by atoms with E-state index in [0.717, 1.165) is 38.4 Å². The molecule has 3 N–H and O–H groups in total. The Bertz CT molecular complexity index is 363. The average molecular weight is 269 g/mol. The number of hydrogen-bond acceptors (Lipinski definition) is 5. The van der Waals surface area contributed by atoms with Crippen LogP contribution in [0.15, 0.2) is 0 Å². The molecule has 1 fully saturated rings. The van der Waals surface area contributed by atoms with Crippen molar-refractivity contribution in [3.63, 3.8) is 0 Å². The van der Waals surface area contributed by atoms with Crippen molar-refractivity contribution in [1.29, 1.82) is 0 Å². The lowest BCUT2D eigenvalue weighted by atomic mass is 10.2. The molecule has 0 aromatic carbocycles. The van der Waals surface area contributed by atoms with Crippen molar-refractivity contribution >= 4 is 22.4 Å². The Labute approximate surface area is 113 Å². The van der Waals surface area contributed by atoms with E-state index in [1.165, 1.54) is 41.4 Å². The average Bonchev–Trinajstić information content (AvgIpc) is 3.13. The summed E-state index contributed by atoms with van der Waals surface area (Å²) in [5.74, 6) is 1.39. The number of rotatable bonds is 9. The van der Waals surface area contributed by atoms with Crippen LogP contribution in [-0.4, -0.2) is 24.1 Å². The Morgan fingerprint density at radius 2 is 2.17 bits per heavy atom. The van der Waals surface area contributed by atoms with Gasteiger partial charge in [0, 0.05) is 25.3 Å². The largest absolute Gasteiger partial charge is 0.383 e. The van der Waals surface area contributed by atoms with Gasteiger partial charge in [-0.3, -0.25) is 0 Å². The number of anilines is 2. The Morgan fingerprint density at radius 1 is 1.39 bits per heavy atom. The highest BCUT2D eigenvalue weighted by molar-refractivity contribution is 7.10. The van der Waals surface area contributed by atoms with Crippen molar-refractivity contribution in [2.45, 2.75) is 44.9 Å². The summed E-state index contributed by atoms with van der Waals surface area (Å²) in [6, 6.07) is 0. The number of ether oxygens (including phenoxy) is 1. The number of nitrogens with one attached hydrogen (secondary N) is 1. The van der Waals surface area contributed by atoms with Gasteiger partial charge in [0.05, 0.1) is 0 Å². The normalized spacial score (nSPS) is 14.9. The van der Waals surface area contributed by atoms with Gasteiger partial charge < -0.3 is 15.8 Å². The van der Waals surface area contributed by atoms with Crippen molar-refractivity contribution in [2.24, 2.45) is 0 Å². The Hall–Kier alpha value is -0.810. The number of aromatic nitrogens is 1. The second kappa shape index (κ2) is 6.95. The summed E-state index contributed by atoms with van der Waals surface area (Å²) in [5, 5.41) is 4.61. The molecule has 0 saturated heterocycles. The van der Waals surface area contributed by atoms with Gasteiger partial charge in [0.15, 0.2) is 0 Å². The van der Waals surface area contributed by atoms with Crippen LogP contribution < -0.4 is 11.1 Å². The van der Waals surface area contributed by atoms with Crippen LogP contribution in [-0.2, 0) is 4.74 Å². The Kier molecular flexibility index (Phi) is 5.26.